The fourth-order valence-corrected chi connectivity index (χ4v) is 7.16. The SMILES string of the molecule is O=C(O)CCC(=O)N=C1S[C@H]2CS(=O)(=O)C[C@@H]2N1CCc1ccccc1. The second-order valence-electron chi connectivity index (χ2n) is 6.41. The number of benzene rings is 1. The number of carboxylic acid groups (broad SMARTS) is 1. The summed E-state index contributed by atoms with van der Waals surface area (Å²) in [6, 6.07) is 9.65. The molecule has 0 radical (unpaired) electrons. The Morgan fingerprint density at radius 1 is 1.19 bits per heavy atom. The smallest absolute Gasteiger partial charge is 0.303 e. The van der Waals surface area contributed by atoms with Crippen molar-refractivity contribution in [1.82, 2.24) is 4.90 Å². The number of rotatable bonds is 6. The zero-order valence-corrected chi connectivity index (χ0v) is 15.7. The van der Waals surface area contributed by atoms with E-state index in [9.17, 15) is 18.0 Å². The number of aliphatic imine (C=N–C) groups is 1. The molecule has 2 aliphatic rings. The van der Waals surface area contributed by atoms with Crippen molar-refractivity contribution in [2.45, 2.75) is 30.6 Å². The molecule has 3 rings (SSSR count). The average molecular weight is 396 g/mol. The number of carbonyl (C=O) groups is 2. The van der Waals surface area contributed by atoms with Crippen LogP contribution in [0.2, 0.25) is 0 Å². The van der Waals surface area contributed by atoms with Gasteiger partial charge in [0.25, 0.3) is 0 Å². The van der Waals surface area contributed by atoms with Crippen molar-refractivity contribution in [1.29, 1.82) is 0 Å². The Labute approximate surface area is 156 Å². The Bertz CT molecular complexity index is 823. The van der Waals surface area contributed by atoms with Gasteiger partial charge in [0.2, 0.25) is 5.91 Å². The normalized spacial score (nSPS) is 25.4. The van der Waals surface area contributed by atoms with E-state index in [4.69, 9.17) is 5.11 Å². The summed E-state index contributed by atoms with van der Waals surface area (Å²) in [7, 11) is -3.07. The zero-order valence-electron chi connectivity index (χ0n) is 14.1. The van der Waals surface area contributed by atoms with E-state index in [1.54, 1.807) is 0 Å². The van der Waals surface area contributed by atoms with Crippen molar-refractivity contribution >= 4 is 38.6 Å². The molecule has 0 aromatic heterocycles. The quantitative estimate of drug-likeness (QED) is 0.770. The zero-order chi connectivity index (χ0) is 18.7. The molecular formula is C17H20N2O5S2. The minimum atomic E-state index is -3.07. The topological polar surface area (TPSA) is 104 Å². The van der Waals surface area contributed by atoms with E-state index >= 15 is 0 Å². The van der Waals surface area contributed by atoms with Crippen LogP contribution in [0.5, 0.6) is 0 Å². The number of amidine groups is 1. The first-order valence-corrected chi connectivity index (χ1v) is 11.0. The summed E-state index contributed by atoms with van der Waals surface area (Å²) in [5.41, 5.74) is 1.12. The highest BCUT2D eigenvalue weighted by molar-refractivity contribution is 8.15. The summed E-state index contributed by atoms with van der Waals surface area (Å²) >= 11 is 1.32. The number of hydrogen-bond donors (Lipinski definition) is 1. The van der Waals surface area contributed by atoms with E-state index in [-0.39, 0.29) is 35.6 Å². The molecule has 0 unspecified atom stereocenters. The molecule has 0 bridgehead atoms. The lowest BCUT2D eigenvalue weighted by Crippen LogP contribution is -2.39. The van der Waals surface area contributed by atoms with E-state index in [0.29, 0.717) is 18.1 Å². The van der Waals surface area contributed by atoms with E-state index < -0.39 is 21.7 Å². The number of sulfone groups is 1. The van der Waals surface area contributed by atoms with Crippen molar-refractivity contribution in [2.24, 2.45) is 4.99 Å². The van der Waals surface area contributed by atoms with Crippen molar-refractivity contribution in [2.75, 3.05) is 18.1 Å². The molecule has 2 heterocycles. The highest BCUT2D eigenvalue weighted by Crippen LogP contribution is 2.38. The van der Waals surface area contributed by atoms with Gasteiger partial charge in [-0.2, -0.15) is 4.99 Å². The van der Waals surface area contributed by atoms with Gasteiger partial charge in [0, 0.05) is 18.2 Å². The van der Waals surface area contributed by atoms with Gasteiger partial charge >= 0.3 is 5.97 Å². The number of carbonyl (C=O) groups excluding carboxylic acids is 1. The summed E-state index contributed by atoms with van der Waals surface area (Å²) in [6.07, 6.45) is 0.304. The number of hydrogen-bond acceptors (Lipinski definition) is 5. The molecule has 1 aromatic carbocycles. The second kappa shape index (κ2) is 7.79. The first kappa shape index (κ1) is 18.9. The molecule has 2 saturated heterocycles. The van der Waals surface area contributed by atoms with Gasteiger partial charge in [-0.1, -0.05) is 42.1 Å². The number of aliphatic carboxylic acids is 1. The first-order valence-electron chi connectivity index (χ1n) is 8.35. The van der Waals surface area contributed by atoms with Gasteiger partial charge in [0.1, 0.15) is 0 Å². The summed E-state index contributed by atoms with van der Waals surface area (Å²) in [6.45, 7) is 0.568. The van der Waals surface area contributed by atoms with E-state index in [1.807, 2.05) is 35.2 Å². The minimum absolute atomic E-state index is 0.0712. The van der Waals surface area contributed by atoms with Crippen molar-refractivity contribution in [3.63, 3.8) is 0 Å². The predicted molar refractivity (Wildman–Crippen MR) is 100.0 cm³/mol. The molecule has 26 heavy (non-hydrogen) atoms. The monoisotopic (exact) mass is 396 g/mol. The van der Waals surface area contributed by atoms with Crippen molar-refractivity contribution < 1.29 is 23.1 Å². The third-order valence-electron chi connectivity index (χ3n) is 4.43. The largest absolute Gasteiger partial charge is 0.481 e. The minimum Gasteiger partial charge on any atom is -0.481 e. The Balaban J connectivity index is 1.74. The van der Waals surface area contributed by atoms with Gasteiger partial charge in [-0.05, 0) is 12.0 Å². The Morgan fingerprint density at radius 2 is 1.92 bits per heavy atom. The fourth-order valence-electron chi connectivity index (χ4n) is 3.17. The maximum absolute atomic E-state index is 12.0. The molecule has 2 atom stereocenters. The third-order valence-corrected chi connectivity index (χ3v) is 7.68. The molecular weight excluding hydrogens is 376 g/mol. The number of carboxylic acids is 1. The molecule has 7 nitrogen and oxygen atoms in total. The van der Waals surface area contributed by atoms with Crippen LogP contribution in [0, 0.1) is 0 Å². The maximum Gasteiger partial charge on any atom is 0.303 e. The van der Waals surface area contributed by atoms with Crippen LogP contribution >= 0.6 is 11.8 Å². The molecule has 9 heteroatoms. The Kier molecular flexibility index (Phi) is 5.67. The van der Waals surface area contributed by atoms with Gasteiger partial charge in [-0.3, -0.25) is 9.59 Å². The van der Waals surface area contributed by atoms with Crippen molar-refractivity contribution in [3.05, 3.63) is 35.9 Å². The molecule has 140 valence electrons. The number of nitrogens with zero attached hydrogens (tertiary/aromatic N) is 2. The molecule has 2 aliphatic heterocycles. The Morgan fingerprint density at radius 3 is 2.62 bits per heavy atom. The third kappa shape index (κ3) is 4.64. The molecule has 2 fully saturated rings. The fraction of sp³-hybridized carbons (Fsp3) is 0.471. The van der Waals surface area contributed by atoms with Crippen LogP contribution in [0.15, 0.2) is 35.3 Å². The summed E-state index contributed by atoms with van der Waals surface area (Å²) in [4.78, 5) is 28.6. The van der Waals surface area contributed by atoms with Crippen LogP contribution in [0.1, 0.15) is 18.4 Å². The highest BCUT2D eigenvalue weighted by atomic mass is 32.2. The van der Waals surface area contributed by atoms with Crippen LogP contribution in [-0.4, -0.2) is 64.8 Å². The number of thioether (sulfide) groups is 1. The van der Waals surface area contributed by atoms with E-state index in [2.05, 4.69) is 4.99 Å². The standard InChI is InChI=1S/C17H20N2O5S2/c20-15(6-7-16(21)22)18-17-19(9-8-12-4-2-1-3-5-12)13-10-26(23,24)11-14(13)25-17/h1-5,13-14H,6-11H2,(H,21,22)/t13-,14-/m0/s1. The maximum atomic E-state index is 12.0. The van der Waals surface area contributed by atoms with Gasteiger partial charge in [0.05, 0.1) is 24.0 Å². The number of amides is 1. The highest BCUT2D eigenvalue weighted by Gasteiger charge is 2.48. The van der Waals surface area contributed by atoms with Crippen LogP contribution in [0.3, 0.4) is 0 Å². The summed E-state index contributed by atoms with van der Waals surface area (Å²) in [5, 5.41) is 9.08. The molecule has 0 aliphatic carbocycles. The van der Waals surface area contributed by atoms with Gasteiger partial charge in [-0.25, -0.2) is 8.42 Å². The second-order valence-corrected chi connectivity index (χ2v) is 9.77. The average Bonchev–Trinajstić information content (AvgIpc) is 3.03. The molecule has 1 N–H and O–H groups in total. The van der Waals surface area contributed by atoms with Gasteiger partial charge in [-0.15, -0.1) is 0 Å². The van der Waals surface area contributed by atoms with E-state index in [1.165, 1.54) is 11.8 Å². The molecule has 0 spiro atoms. The number of fused-ring (bicyclic) bond motifs is 1. The summed E-state index contributed by atoms with van der Waals surface area (Å²) in [5.74, 6) is -1.36. The summed E-state index contributed by atoms with van der Waals surface area (Å²) < 4.78 is 23.9. The van der Waals surface area contributed by atoms with Gasteiger partial charge in [0.15, 0.2) is 15.0 Å². The predicted octanol–water partition coefficient (Wildman–Crippen LogP) is 1.19. The van der Waals surface area contributed by atoms with Crippen LogP contribution < -0.4 is 0 Å². The van der Waals surface area contributed by atoms with Crippen LogP contribution in [0.4, 0.5) is 0 Å². The van der Waals surface area contributed by atoms with Crippen molar-refractivity contribution in [3.8, 4) is 0 Å². The lowest BCUT2D eigenvalue weighted by molar-refractivity contribution is -0.138. The molecule has 0 saturated carbocycles. The van der Waals surface area contributed by atoms with E-state index in [0.717, 1.165) is 5.56 Å². The molecule has 1 aromatic rings. The Hall–Kier alpha value is -1.87. The van der Waals surface area contributed by atoms with Gasteiger partial charge < -0.3 is 10.0 Å². The lowest BCUT2D eigenvalue weighted by atomic mass is 10.1. The van der Waals surface area contributed by atoms with Crippen LogP contribution in [-0.2, 0) is 25.8 Å². The molecule has 1 amide bonds. The lowest BCUT2D eigenvalue weighted by Gasteiger charge is -2.24. The first-order chi connectivity index (χ1) is 12.3. The van der Waals surface area contributed by atoms with Crippen LogP contribution in [0.25, 0.3) is 0 Å².